The molecule has 1 aromatic rings. The van der Waals surface area contributed by atoms with Gasteiger partial charge in [-0.1, -0.05) is 13.8 Å². The third-order valence-corrected chi connectivity index (χ3v) is 3.08. The Kier molecular flexibility index (Phi) is 6.77. The molecule has 1 atom stereocenters. The highest BCUT2D eigenvalue weighted by atomic mass is 32.2. The molecule has 4 nitrogen and oxygen atoms in total. The Balaban J connectivity index is 2.42. The molecule has 1 aromatic heterocycles. The molecule has 0 fully saturated rings. The zero-order valence-corrected chi connectivity index (χ0v) is 11.6. The van der Waals surface area contributed by atoms with E-state index in [2.05, 4.69) is 35.4 Å². The van der Waals surface area contributed by atoms with Crippen molar-refractivity contribution in [1.82, 2.24) is 9.97 Å². The van der Waals surface area contributed by atoms with Crippen molar-refractivity contribution in [2.45, 2.75) is 20.3 Å². The van der Waals surface area contributed by atoms with E-state index < -0.39 is 0 Å². The number of aromatic nitrogens is 2. The summed E-state index contributed by atoms with van der Waals surface area (Å²) < 4.78 is 5.45. The van der Waals surface area contributed by atoms with E-state index >= 15 is 0 Å². The van der Waals surface area contributed by atoms with Crippen LogP contribution in [0.4, 0.5) is 5.82 Å². The van der Waals surface area contributed by atoms with Crippen LogP contribution in [0.5, 0.6) is 5.88 Å². The molecule has 17 heavy (non-hydrogen) atoms. The fourth-order valence-electron chi connectivity index (χ4n) is 1.34. The maximum Gasteiger partial charge on any atom is 0.218 e. The first-order valence-corrected chi connectivity index (χ1v) is 7.33. The van der Waals surface area contributed by atoms with Gasteiger partial charge in [0.05, 0.1) is 6.61 Å². The van der Waals surface area contributed by atoms with E-state index in [0.29, 0.717) is 18.4 Å². The zero-order chi connectivity index (χ0) is 12.5. The van der Waals surface area contributed by atoms with Crippen molar-refractivity contribution in [3.05, 3.63) is 12.4 Å². The molecule has 0 aliphatic rings. The third kappa shape index (κ3) is 5.77. The van der Waals surface area contributed by atoms with Gasteiger partial charge in [0.1, 0.15) is 12.1 Å². The Labute approximate surface area is 108 Å². The summed E-state index contributed by atoms with van der Waals surface area (Å²) in [5.74, 6) is 3.25. The summed E-state index contributed by atoms with van der Waals surface area (Å²) in [6, 6.07) is 1.85. The zero-order valence-electron chi connectivity index (χ0n) is 10.8. The van der Waals surface area contributed by atoms with Crippen LogP contribution in [-0.4, -0.2) is 35.1 Å². The molecule has 1 rings (SSSR count). The fraction of sp³-hybridized carbons (Fsp3) is 0.667. The molecule has 1 N–H and O–H groups in total. The van der Waals surface area contributed by atoms with Gasteiger partial charge in [-0.2, -0.15) is 11.8 Å². The average molecular weight is 255 g/mol. The fourth-order valence-corrected chi connectivity index (χ4v) is 2.03. The highest BCUT2D eigenvalue weighted by molar-refractivity contribution is 7.98. The van der Waals surface area contributed by atoms with Crippen molar-refractivity contribution >= 4 is 17.6 Å². The van der Waals surface area contributed by atoms with Crippen molar-refractivity contribution in [2.24, 2.45) is 5.92 Å². The largest absolute Gasteiger partial charge is 0.478 e. The lowest BCUT2D eigenvalue weighted by Gasteiger charge is -2.12. The lowest BCUT2D eigenvalue weighted by Crippen LogP contribution is -2.14. The summed E-state index contributed by atoms with van der Waals surface area (Å²) in [6.45, 7) is 5.91. The molecule has 1 unspecified atom stereocenters. The molecule has 1 heterocycles. The number of ether oxygens (including phenoxy) is 1. The van der Waals surface area contributed by atoms with Crippen LogP contribution in [0.3, 0.4) is 0 Å². The van der Waals surface area contributed by atoms with E-state index in [-0.39, 0.29) is 0 Å². The van der Waals surface area contributed by atoms with Crippen molar-refractivity contribution < 1.29 is 4.74 Å². The molecule has 0 amide bonds. The molecule has 5 heteroatoms. The predicted molar refractivity (Wildman–Crippen MR) is 73.9 cm³/mol. The van der Waals surface area contributed by atoms with Gasteiger partial charge in [0.25, 0.3) is 0 Å². The van der Waals surface area contributed by atoms with Crippen LogP contribution < -0.4 is 10.1 Å². The molecule has 0 aromatic carbocycles. The molecule has 0 spiro atoms. The molecule has 0 saturated heterocycles. The van der Waals surface area contributed by atoms with E-state index in [1.165, 1.54) is 6.33 Å². The Hall–Kier alpha value is -0.970. The number of hydrogen-bond donors (Lipinski definition) is 1. The Morgan fingerprint density at radius 3 is 3.00 bits per heavy atom. The topological polar surface area (TPSA) is 47.0 Å². The number of hydrogen-bond acceptors (Lipinski definition) is 5. The van der Waals surface area contributed by atoms with Crippen LogP contribution in [0.15, 0.2) is 12.4 Å². The number of nitrogens with zero attached hydrogens (tertiary/aromatic N) is 2. The summed E-state index contributed by atoms with van der Waals surface area (Å²) in [5.41, 5.74) is 0. The number of anilines is 1. The van der Waals surface area contributed by atoms with Gasteiger partial charge in [-0.3, -0.25) is 0 Å². The van der Waals surface area contributed by atoms with Crippen molar-refractivity contribution in [2.75, 3.05) is 30.5 Å². The van der Waals surface area contributed by atoms with Gasteiger partial charge < -0.3 is 10.1 Å². The van der Waals surface area contributed by atoms with Crippen LogP contribution in [0.1, 0.15) is 20.3 Å². The van der Waals surface area contributed by atoms with Gasteiger partial charge in [-0.05, 0) is 24.3 Å². The average Bonchev–Trinajstić information content (AvgIpc) is 2.35. The molecule has 0 aliphatic carbocycles. The van der Waals surface area contributed by atoms with Crippen LogP contribution in [0.2, 0.25) is 0 Å². The first-order valence-electron chi connectivity index (χ1n) is 5.94. The molecule has 0 bridgehead atoms. The SMILES string of the molecule is CCCOc1cc(NCC(C)CSC)ncn1. The quantitative estimate of drug-likeness (QED) is 0.774. The summed E-state index contributed by atoms with van der Waals surface area (Å²) in [5, 5.41) is 3.30. The maximum atomic E-state index is 5.45. The van der Waals surface area contributed by atoms with Gasteiger partial charge >= 0.3 is 0 Å². The molecule has 0 aliphatic heterocycles. The first-order chi connectivity index (χ1) is 8.26. The van der Waals surface area contributed by atoms with Crippen molar-refractivity contribution in [3.8, 4) is 5.88 Å². The predicted octanol–water partition coefficient (Wildman–Crippen LogP) is 2.68. The molecule has 96 valence electrons. The Morgan fingerprint density at radius 2 is 2.29 bits per heavy atom. The number of nitrogens with one attached hydrogen (secondary N) is 1. The maximum absolute atomic E-state index is 5.45. The van der Waals surface area contributed by atoms with Crippen LogP contribution >= 0.6 is 11.8 Å². The summed E-state index contributed by atoms with van der Waals surface area (Å²) in [6.07, 6.45) is 4.64. The molecule has 0 saturated carbocycles. The Bertz CT molecular complexity index is 322. The van der Waals surface area contributed by atoms with Gasteiger partial charge in [0.2, 0.25) is 5.88 Å². The summed E-state index contributed by atoms with van der Waals surface area (Å²) in [7, 11) is 0. The van der Waals surface area contributed by atoms with E-state index in [9.17, 15) is 0 Å². The number of thioether (sulfide) groups is 1. The van der Waals surface area contributed by atoms with Crippen LogP contribution in [0, 0.1) is 5.92 Å². The van der Waals surface area contributed by atoms with Gasteiger partial charge in [0, 0.05) is 12.6 Å². The van der Waals surface area contributed by atoms with Crippen LogP contribution in [-0.2, 0) is 0 Å². The van der Waals surface area contributed by atoms with E-state index in [4.69, 9.17) is 4.74 Å². The normalized spacial score (nSPS) is 12.2. The van der Waals surface area contributed by atoms with E-state index in [1.807, 2.05) is 17.8 Å². The second-order valence-corrected chi connectivity index (χ2v) is 4.94. The second-order valence-electron chi connectivity index (χ2n) is 4.03. The summed E-state index contributed by atoms with van der Waals surface area (Å²) in [4.78, 5) is 8.23. The summed E-state index contributed by atoms with van der Waals surface area (Å²) >= 11 is 1.86. The minimum Gasteiger partial charge on any atom is -0.478 e. The lowest BCUT2D eigenvalue weighted by atomic mass is 10.2. The highest BCUT2D eigenvalue weighted by Crippen LogP contribution is 2.12. The molecule has 0 radical (unpaired) electrons. The minimum atomic E-state index is 0.625. The van der Waals surface area contributed by atoms with Gasteiger partial charge in [-0.25, -0.2) is 9.97 Å². The monoisotopic (exact) mass is 255 g/mol. The van der Waals surface area contributed by atoms with Crippen LogP contribution in [0.25, 0.3) is 0 Å². The third-order valence-electron chi connectivity index (χ3n) is 2.18. The van der Waals surface area contributed by atoms with Gasteiger partial charge in [0.15, 0.2) is 0 Å². The van der Waals surface area contributed by atoms with Crippen molar-refractivity contribution in [3.63, 3.8) is 0 Å². The highest BCUT2D eigenvalue weighted by Gasteiger charge is 2.03. The smallest absolute Gasteiger partial charge is 0.218 e. The number of rotatable bonds is 8. The first kappa shape index (κ1) is 14.1. The molecular weight excluding hydrogens is 234 g/mol. The van der Waals surface area contributed by atoms with Crippen molar-refractivity contribution in [1.29, 1.82) is 0 Å². The van der Waals surface area contributed by atoms with E-state index in [0.717, 1.165) is 24.5 Å². The molecular formula is C12H21N3OS. The minimum absolute atomic E-state index is 0.625. The second kappa shape index (κ2) is 8.17. The Morgan fingerprint density at radius 1 is 1.47 bits per heavy atom. The lowest BCUT2D eigenvalue weighted by molar-refractivity contribution is 0.305. The van der Waals surface area contributed by atoms with Gasteiger partial charge in [-0.15, -0.1) is 0 Å². The van der Waals surface area contributed by atoms with E-state index in [1.54, 1.807) is 0 Å². The standard InChI is InChI=1S/C12H21N3OS/c1-4-5-16-12-6-11(14-9-15-12)13-7-10(2)8-17-3/h6,9-10H,4-5,7-8H2,1-3H3,(H,13,14,15).